The molecule has 0 radical (unpaired) electrons. The molecule has 0 aliphatic carbocycles. The summed E-state index contributed by atoms with van der Waals surface area (Å²) in [4.78, 5) is 24.3. The van der Waals surface area contributed by atoms with Gasteiger partial charge >= 0.3 is 5.79 Å². The van der Waals surface area contributed by atoms with Crippen LogP contribution in [0.2, 0.25) is 0 Å². The first-order valence-corrected chi connectivity index (χ1v) is 12.0. The maximum absolute atomic E-state index is 12.3. The van der Waals surface area contributed by atoms with Crippen molar-refractivity contribution in [1.29, 1.82) is 0 Å². The van der Waals surface area contributed by atoms with Crippen LogP contribution >= 0.6 is 0 Å². The molecule has 0 saturated carbocycles. The van der Waals surface area contributed by atoms with E-state index in [9.17, 15) is 35.1 Å². The summed E-state index contributed by atoms with van der Waals surface area (Å²) in [6, 6.07) is 26.8. The summed E-state index contributed by atoms with van der Waals surface area (Å²) in [5.74, 6) is -8.44. The van der Waals surface area contributed by atoms with Crippen LogP contribution in [0.15, 0.2) is 97.1 Å². The molecule has 2 aliphatic heterocycles. The van der Waals surface area contributed by atoms with Gasteiger partial charge in [-0.1, -0.05) is 72.8 Å². The lowest BCUT2D eigenvalue weighted by Crippen LogP contribution is -2.62. The van der Waals surface area contributed by atoms with E-state index in [1.807, 2.05) is 54.6 Å². The molecule has 2 aliphatic rings. The van der Waals surface area contributed by atoms with Gasteiger partial charge in [-0.25, -0.2) is 0 Å². The van der Waals surface area contributed by atoms with Crippen LogP contribution in [-0.4, -0.2) is 42.9 Å². The molecule has 6 rings (SSSR count). The number of phenols is 2. The molecule has 0 bridgehead atoms. The fourth-order valence-corrected chi connectivity index (χ4v) is 4.48. The summed E-state index contributed by atoms with van der Waals surface area (Å²) in [7, 11) is 0. The molecule has 0 saturated heterocycles. The van der Waals surface area contributed by atoms with Crippen LogP contribution in [0.1, 0.15) is 44.4 Å². The van der Waals surface area contributed by atoms with E-state index in [-0.39, 0.29) is 23.2 Å². The number of rotatable bonds is 2. The van der Waals surface area contributed by atoms with Crippen LogP contribution < -0.4 is 9.47 Å². The zero-order valence-corrected chi connectivity index (χ0v) is 20.4. The van der Waals surface area contributed by atoms with Crippen LogP contribution in [-0.2, 0) is 5.79 Å². The second-order valence-corrected chi connectivity index (χ2v) is 9.06. The molecule has 2 atom stereocenters. The van der Waals surface area contributed by atoms with Crippen molar-refractivity contribution in [2.45, 2.75) is 24.1 Å². The number of aliphatic hydroxyl groups is 3. The van der Waals surface area contributed by atoms with Gasteiger partial charge in [0.15, 0.2) is 17.3 Å². The molecule has 5 N–H and O–H groups in total. The number of ether oxygens (including phenoxy) is 2. The normalized spacial score (nSPS) is 20.8. The van der Waals surface area contributed by atoms with Gasteiger partial charge in [-0.15, -0.1) is 0 Å². The number of aromatic hydroxyl groups is 2. The largest absolute Gasteiger partial charge is 0.504 e. The van der Waals surface area contributed by atoms with E-state index < -0.39 is 34.4 Å². The summed E-state index contributed by atoms with van der Waals surface area (Å²) in [5, 5.41) is 50.0. The van der Waals surface area contributed by atoms with Crippen LogP contribution in [0.25, 0.3) is 0 Å². The van der Waals surface area contributed by atoms with Crippen molar-refractivity contribution in [2.75, 3.05) is 0 Å². The Morgan fingerprint density at radius 3 is 2.03 bits per heavy atom. The highest BCUT2D eigenvalue weighted by molar-refractivity contribution is 6.08. The van der Waals surface area contributed by atoms with Crippen molar-refractivity contribution in [1.82, 2.24) is 0 Å². The fraction of sp³-hybridized carbons (Fsp3) is 0.133. The van der Waals surface area contributed by atoms with Crippen LogP contribution in [0, 0.1) is 0 Å². The second kappa shape index (κ2) is 9.88. The standard InChI is InChI=1S/C15H12O7.C15H12O2/c16-9-6-7-10-11(12(9)17)13(18)14(19,20)15(21,22-10)8-4-2-1-3-5-8;16-13-10-15(11-6-2-1-3-7-11)17-14-9-5-4-8-12(13)14/h1-7,16-17,19-21H;1-9,15H,10H2. The predicted molar refractivity (Wildman–Crippen MR) is 137 cm³/mol. The number of carbonyl (C=O) groups excluding carboxylic acids is 2. The summed E-state index contributed by atoms with van der Waals surface area (Å²) in [5.41, 5.74) is 1.06. The Kier molecular flexibility index (Phi) is 6.57. The first-order chi connectivity index (χ1) is 18.6. The van der Waals surface area contributed by atoms with Gasteiger partial charge in [-0.05, 0) is 29.8 Å². The number of para-hydroxylation sites is 1. The van der Waals surface area contributed by atoms with Crippen molar-refractivity contribution in [3.8, 4) is 23.0 Å². The molecule has 0 spiro atoms. The summed E-state index contributed by atoms with van der Waals surface area (Å²) in [6.07, 6.45) is 0.264. The van der Waals surface area contributed by atoms with Crippen molar-refractivity contribution >= 4 is 11.6 Å². The third-order valence-electron chi connectivity index (χ3n) is 6.56. The Bertz CT molecular complexity index is 1530. The molecular weight excluding hydrogens is 504 g/mol. The molecule has 9 nitrogen and oxygen atoms in total. The number of hydrogen-bond donors (Lipinski definition) is 5. The van der Waals surface area contributed by atoms with Crippen molar-refractivity contribution in [2.24, 2.45) is 0 Å². The van der Waals surface area contributed by atoms with Crippen molar-refractivity contribution in [3.05, 3.63) is 119 Å². The summed E-state index contributed by atoms with van der Waals surface area (Å²) < 4.78 is 11.1. The highest BCUT2D eigenvalue weighted by Gasteiger charge is 2.62. The maximum Gasteiger partial charge on any atom is 0.301 e. The van der Waals surface area contributed by atoms with Gasteiger partial charge in [0.05, 0.1) is 12.0 Å². The highest BCUT2D eigenvalue weighted by Crippen LogP contribution is 2.47. The zero-order valence-electron chi connectivity index (χ0n) is 20.4. The topological polar surface area (TPSA) is 154 Å². The summed E-state index contributed by atoms with van der Waals surface area (Å²) in [6.45, 7) is 0. The van der Waals surface area contributed by atoms with Gasteiger partial charge in [-0.3, -0.25) is 9.59 Å². The van der Waals surface area contributed by atoms with Gasteiger partial charge in [0, 0.05) is 5.56 Å². The Balaban J connectivity index is 0.000000163. The smallest absolute Gasteiger partial charge is 0.301 e. The van der Waals surface area contributed by atoms with E-state index in [0.29, 0.717) is 17.7 Å². The molecular formula is C30H24O9. The third-order valence-corrected chi connectivity index (χ3v) is 6.56. The number of carbonyl (C=O) groups is 2. The van der Waals surface area contributed by atoms with Gasteiger partial charge in [-0.2, -0.15) is 0 Å². The number of hydrogen-bond acceptors (Lipinski definition) is 9. The Hall–Kier alpha value is -4.70. The molecule has 0 aromatic heterocycles. The Morgan fingerprint density at radius 1 is 0.718 bits per heavy atom. The average Bonchev–Trinajstić information content (AvgIpc) is 2.95. The average molecular weight is 529 g/mol. The molecule has 198 valence electrons. The minimum Gasteiger partial charge on any atom is -0.504 e. The minimum absolute atomic E-state index is 0.0634. The van der Waals surface area contributed by atoms with E-state index in [1.165, 1.54) is 24.3 Å². The number of ketones is 2. The lowest BCUT2D eigenvalue weighted by molar-refractivity contribution is -0.328. The number of fused-ring (bicyclic) bond motifs is 2. The lowest BCUT2D eigenvalue weighted by Gasteiger charge is -2.42. The first kappa shape index (κ1) is 25.9. The zero-order chi connectivity index (χ0) is 27.8. The first-order valence-electron chi connectivity index (χ1n) is 12.0. The molecule has 2 unspecified atom stereocenters. The van der Waals surface area contributed by atoms with Gasteiger partial charge < -0.3 is 35.0 Å². The van der Waals surface area contributed by atoms with Gasteiger partial charge in [0.25, 0.3) is 5.79 Å². The van der Waals surface area contributed by atoms with E-state index in [1.54, 1.807) is 6.07 Å². The molecule has 2 heterocycles. The van der Waals surface area contributed by atoms with E-state index in [0.717, 1.165) is 17.7 Å². The number of benzene rings is 4. The SMILES string of the molecule is O=C1CC(c2ccccc2)Oc2ccccc21.O=C1c2c(ccc(O)c2O)OC(O)(c2ccccc2)C1(O)O. The Labute approximate surface area is 222 Å². The predicted octanol–water partition coefficient (Wildman–Crippen LogP) is 3.59. The molecule has 4 aromatic carbocycles. The summed E-state index contributed by atoms with van der Waals surface area (Å²) >= 11 is 0. The highest BCUT2D eigenvalue weighted by atomic mass is 16.7. The van der Waals surface area contributed by atoms with Crippen LogP contribution in [0.5, 0.6) is 23.0 Å². The number of phenolic OH excluding ortho intramolecular Hbond substituents is 2. The second-order valence-electron chi connectivity index (χ2n) is 9.06. The lowest BCUT2D eigenvalue weighted by atomic mass is 9.86. The third kappa shape index (κ3) is 4.48. The van der Waals surface area contributed by atoms with E-state index in [4.69, 9.17) is 9.47 Å². The monoisotopic (exact) mass is 528 g/mol. The quantitative estimate of drug-likeness (QED) is 0.194. The van der Waals surface area contributed by atoms with Gasteiger partial charge in [0.1, 0.15) is 23.2 Å². The molecule has 4 aromatic rings. The maximum atomic E-state index is 12.3. The van der Waals surface area contributed by atoms with E-state index >= 15 is 0 Å². The Morgan fingerprint density at radius 2 is 1.33 bits per heavy atom. The molecule has 39 heavy (non-hydrogen) atoms. The van der Waals surface area contributed by atoms with Crippen molar-refractivity contribution in [3.63, 3.8) is 0 Å². The molecule has 0 amide bonds. The van der Waals surface area contributed by atoms with Crippen LogP contribution in [0.3, 0.4) is 0 Å². The van der Waals surface area contributed by atoms with Crippen LogP contribution in [0.4, 0.5) is 0 Å². The molecule has 0 fully saturated rings. The number of Topliss-reactive ketones (excluding diaryl/α,β-unsaturated/α-hetero) is 2. The van der Waals surface area contributed by atoms with Crippen molar-refractivity contribution < 1.29 is 44.6 Å². The van der Waals surface area contributed by atoms with E-state index in [2.05, 4.69) is 0 Å². The minimum atomic E-state index is -3.35. The van der Waals surface area contributed by atoms with Gasteiger partial charge in [0.2, 0.25) is 5.78 Å². The molecule has 9 heteroatoms. The fourth-order valence-electron chi connectivity index (χ4n) is 4.48.